The minimum absolute atomic E-state index is 0.0208. The molecule has 60 valence electrons. The van der Waals surface area contributed by atoms with Crippen LogP contribution in [0.3, 0.4) is 0 Å². The first-order valence-electron chi connectivity index (χ1n) is 3.51. The van der Waals surface area contributed by atoms with Gasteiger partial charge in [0.1, 0.15) is 12.4 Å². The summed E-state index contributed by atoms with van der Waals surface area (Å²) in [5.74, 6) is 0. The molecule has 1 aliphatic rings. The Hall–Kier alpha value is -0.120. The second-order valence-corrected chi connectivity index (χ2v) is 2.93. The maximum Gasteiger partial charge on any atom is 0.148 e. The van der Waals surface area contributed by atoms with E-state index in [0.29, 0.717) is 6.79 Å². The normalized spacial score (nSPS) is 43.8. The van der Waals surface area contributed by atoms with Crippen LogP contribution >= 0.6 is 0 Å². The zero-order valence-electron chi connectivity index (χ0n) is 6.63. The van der Waals surface area contributed by atoms with Crippen LogP contribution in [0.15, 0.2) is 0 Å². The molecule has 0 aromatic heterocycles. The van der Waals surface area contributed by atoms with E-state index < -0.39 is 11.7 Å². The van der Waals surface area contributed by atoms with Gasteiger partial charge in [-0.15, -0.1) is 0 Å². The SMILES string of the molecule is C[C@H](O)[C@@]1(C)OCO[C@H]1C. The van der Waals surface area contributed by atoms with Crippen molar-refractivity contribution in [3.05, 3.63) is 0 Å². The molecule has 0 saturated carbocycles. The summed E-state index contributed by atoms with van der Waals surface area (Å²) in [4.78, 5) is 0. The Balaban J connectivity index is 2.66. The number of hydrogen-bond acceptors (Lipinski definition) is 3. The fourth-order valence-electron chi connectivity index (χ4n) is 1.01. The zero-order valence-corrected chi connectivity index (χ0v) is 6.63. The summed E-state index contributed by atoms with van der Waals surface area (Å²) in [6, 6.07) is 0. The lowest BCUT2D eigenvalue weighted by Crippen LogP contribution is -2.44. The lowest BCUT2D eigenvalue weighted by Gasteiger charge is -2.28. The highest BCUT2D eigenvalue weighted by molar-refractivity contribution is 4.89. The van der Waals surface area contributed by atoms with Crippen molar-refractivity contribution in [3.63, 3.8) is 0 Å². The predicted molar refractivity (Wildman–Crippen MR) is 36.6 cm³/mol. The van der Waals surface area contributed by atoms with Gasteiger partial charge in [-0.2, -0.15) is 0 Å². The highest BCUT2D eigenvalue weighted by atomic mass is 16.7. The summed E-state index contributed by atoms with van der Waals surface area (Å²) in [6.45, 7) is 5.77. The van der Waals surface area contributed by atoms with Crippen molar-refractivity contribution in [3.8, 4) is 0 Å². The van der Waals surface area contributed by atoms with Crippen molar-refractivity contribution < 1.29 is 14.6 Å². The quantitative estimate of drug-likeness (QED) is 0.586. The molecule has 3 heteroatoms. The third kappa shape index (κ3) is 1.05. The first-order valence-corrected chi connectivity index (χ1v) is 3.51. The van der Waals surface area contributed by atoms with Crippen LogP contribution in [0.4, 0.5) is 0 Å². The molecule has 3 atom stereocenters. The topological polar surface area (TPSA) is 38.7 Å². The van der Waals surface area contributed by atoms with Gasteiger partial charge in [-0.05, 0) is 20.8 Å². The van der Waals surface area contributed by atoms with Crippen molar-refractivity contribution in [1.82, 2.24) is 0 Å². The molecule has 1 rings (SSSR count). The van der Waals surface area contributed by atoms with Gasteiger partial charge < -0.3 is 14.6 Å². The Labute approximate surface area is 60.9 Å². The molecule has 1 heterocycles. The number of rotatable bonds is 1. The molecule has 0 aromatic carbocycles. The van der Waals surface area contributed by atoms with Gasteiger partial charge in [0.15, 0.2) is 0 Å². The van der Waals surface area contributed by atoms with Gasteiger partial charge in [-0.3, -0.25) is 0 Å². The second kappa shape index (κ2) is 2.49. The van der Waals surface area contributed by atoms with E-state index in [1.165, 1.54) is 0 Å². The fraction of sp³-hybridized carbons (Fsp3) is 1.00. The van der Waals surface area contributed by atoms with E-state index in [0.717, 1.165) is 0 Å². The van der Waals surface area contributed by atoms with Crippen molar-refractivity contribution in [2.75, 3.05) is 6.79 Å². The van der Waals surface area contributed by atoms with E-state index in [1.807, 2.05) is 13.8 Å². The largest absolute Gasteiger partial charge is 0.390 e. The highest BCUT2D eigenvalue weighted by Crippen LogP contribution is 2.28. The summed E-state index contributed by atoms with van der Waals surface area (Å²) in [6.07, 6.45) is -0.502. The minimum atomic E-state index is -0.514. The first-order chi connectivity index (χ1) is 4.57. The van der Waals surface area contributed by atoms with Crippen LogP contribution in [0.25, 0.3) is 0 Å². The Morgan fingerprint density at radius 3 is 2.50 bits per heavy atom. The van der Waals surface area contributed by atoms with Gasteiger partial charge in [0.2, 0.25) is 0 Å². The zero-order chi connectivity index (χ0) is 7.78. The van der Waals surface area contributed by atoms with Crippen LogP contribution in [0.1, 0.15) is 20.8 Å². The van der Waals surface area contributed by atoms with E-state index in [2.05, 4.69) is 0 Å². The number of ether oxygens (including phenoxy) is 2. The van der Waals surface area contributed by atoms with Gasteiger partial charge in [-0.25, -0.2) is 0 Å². The van der Waals surface area contributed by atoms with Gasteiger partial charge in [0.05, 0.1) is 12.2 Å². The van der Waals surface area contributed by atoms with Crippen LogP contribution in [-0.2, 0) is 9.47 Å². The third-order valence-electron chi connectivity index (χ3n) is 2.32. The standard InChI is InChI=1S/C7H14O3/c1-5(8)7(3)6(2)9-4-10-7/h5-6,8H,4H2,1-3H3/t5-,6-,7+/m0/s1. The Morgan fingerprint density at radius 1 is 1.70 bits per heavy atom. The van der Waals surface area contributed by atoms with E-state index in [4.69, 9.17) is 9.47 Å². The molecule has 1 aliphatic heterocycles. The number of aliphatic hydroxyl groups excluding tert-OH is 1. The van der Waals surface area contributed by atoms with E-state index in [-0.39, 0.29) is 6.10 Å². The van der Waals surface area contributed by atoms with Gasteiger partial charge in [0, 0.05) is 0 Å². The van der Waals surface area contributed by atoms with Crippen molar-refractivity contribution in [2.24, 2.45) is 0 Å². The van der Waals surface area contributed by atoms with E-state index in [1.54, 1.807) is 6.92 Å². The molecule has 1 N–H and O–H groups in total. The molecule has 0 unspecified atom stereocenters. The summed E-state index contributed by atoms with van der Waals surface area (Å²) in [7, 11) is 0. The molecule has 0 radical (unpaired) electrons. The smallest absolute Gasteiger partial charge is 0.148 e. The molecule has 0 bridgehead atoms. The van der Waals surface area contributed by atoms with Crippen LogP contribution in [0.2, 0.25) is 0 Å². The Kier molecular flexibility index (Phi) is 1.99. The summed E-state index contributed by atoms with van der Waals surface area (Å²) in [5, 5.41) is 9.28. The molecule has 0 aliphatic carbocycles. The van der Waals surface area contributed by atoms with Crippen LogP contribution in [0.5, 0.6) is 0 Å². The van der Waals surface area contributed by atoms with Gasteiger partial charge >= 0.3 is 0 Å². The van der Waals surface area contributed by atoms with Gasteiger partial charge in [0.25, 0.3) is 0 Å². The lowest BCUT2D eigenvalue weighted by molar-refractivity contribution is -0.0750. The van der Waals surface area contributed by atoms with Crippen molar-refractivity contribution >= 4 is 0 Å². The summed E-state index contributed by atoms with van der Waals surface area (Å²) >= 11 is 0. The molecule has 0 amide bonds. The Morgan fingerprint density at radius 2 is 2.30 bits per heavy atom. The van der Waals surface area contributed by atoms with Crippen molar-refractivity contribution in [1.29, 1.82) is 0 Å². The third-order valence-corrected chi connectivity index (χ3v) is 2.32. The first kappa shape index (κ1) is 7.98. The highest BCUT2D eigenvalue weighted by Gasteiger charge is 2.42. The predicted octanol–water partition coefficient (Wildman–Crippen LogP) is 0.519. The van der Waals surface area contributed by atoms with Crippen LogP contribution < -0.4 is 0 Å². The second-order valence-electron chi connectivity index (χ2n) is 2.93. The maximum absolute atomic E-state index is 9.28. The molecule has 0 spiro atoms. The summed E-state index contributed by atoms with van der Waals surface area (Å²) < 4.78 is 10.4. The lowest BCUT2D eigenvalue weighted by atomic mass is 9.95. The molecule has 1 fully saturated rings. The number of hydrogen-bond donors (Lipinski definition) is 1. The molecule has 1 saturated heterocycles. The molecule has 3 nitrogen and oxygen atoms in total. The van der Waals surface area contributed by atoms with Crippen LogP contribution in [-0.4, -0.2) is 29.7 Å². The average molecular weight is 146 g/mol. The Bertz CT molecular complexity index is 124. The molecular weight excluding hydrogens is 132 g/mol. The van der Waals surface area contributed by atoms with E-state index in [9.17, 15) is 5.11 Å². The molecule has 0 aromatic rings. The van der Waals surface area contributed by atoms with Crippen molar-refractivity contribution in [2.45, 2.75) is 38.6 Å². The number of aliphatic hydroxyl groups is 1. The molecular formula is C7H14O3. The summed E-state index contributed by atoms with van der Waals surface area (Å²) in [5.41, 5.74) is -0.514. The maximum atomic E-state index is 9.28. The van der Waals surface area contributed by atoms with Gasteiger partial charge in [-0.1, -0.05) is 0 Å². The molecule has 10 heavy (non-hydrogen) atoms. The minimum Gasteiger partial charge on any atom is -0.390 e. The average Bonchev–Trinajstić information content (AvgIpc) is 2.15. The van der Waals surface area contributed by atoms with Crippen LogP contribution in [0, 0.1) is 0 Å². The van der Waals surface area contributed by atoms with E-state index >= 15 is 0 Å². The monoisotopic (exact) mass is 146 g/mol. The fourth-order valence-corrected chi connectivity index (χ4v) is 1.01.